The summed E-state index contributed by atoms with van der Waals surface area (Å²) >= 11 is 0. The molecule has 7 nitrogen and oxygen atoms in total. The minimum absolute atomic E-state index is 0.252. The second kappa shape index (κ2) is 8.84. The van der Waals surface area contributed by atoms with Crippen LogP contribution < -0.4 is 17.3 Å². The summed E-state index contributed by atoms with van der Waals surface area (Å²) in [5.41, 5.74) is 18.9. The zero-order chi connectivity index (χ0) is 23.0. The largest absolute Gasteiger partial charge is 0.401 e. The molecule has 0 bridgehead atoms. The Labute approximate surface area is 189 Å². The third-order valence-corrected chi connectivity index (χ3v) is 6.56. The van der Waals surface area contributed by atoms with Crippen molar-refractivity contribution in [2.75, 3.05) is 19.6 Å². The normalized spacial score (nSPS) is 19.7. The summed E-state index contributed by atoms with van der Waals surface area (Å²) in [5.74, 6) is 6.65. The van der Waals surface area contributed by atoms with Crippen LogP contribution in [0.25, 0.3) is 16.5 Å². The van der Waals surface area contributed by atoms with Gasteiger partial charge in [0.15, 0.2) is 0 Å². The lowest BCUT2D eigenvalue weighted by Crippen LogP contribution is -2.39. The number of nitrogens with one attached hydrogen (secondary N) is 1. The first-order chi connectivity index (χ1) is 15.2. The van der Waals surface area contributed by atoms with Crippen molar-refractivity contribution < 1.29 is 4.79 Å². The van der Waals surface area contributed by atoms with Gasteiger partial charge in [0.1, 0.15) is 0 Å². The Kier molecular flexibility index (Phi) is 6.13. The Bertz CT molecular complexity index is 1110. The molecule has 0 atom stereocenters. The number of nitrogens with two attached hydrogens (primary N) is 3. The highest BCUT2D eigenvalue weighted by atomic mass is 16.1. The third-order valence-electron chi connectivity index (χ3n) is 6.56. The number of fused-ring (bicyclic) bond motifs is 1. The van der Waals surface area contributed by atoms with Crippen LogP contribution in [0.2, 0.25) is 0 Å². The van der Waals surface area contributed by atoms with Gasteiger partial charge in [0, 0.05) is 28.4 Å². The highest BCUT2D eigenvalue weighted by Crippen LogP contribution is 2.38. The maximum absolute atomic E-state index is 11.2. The number of primary amides is 1. The molecular formula is C25H34N6O. The molecule has 170 valence electrons. The van der Waals surface area contributed by atoms with Gasteiger partial charge < -0.3 is 16.5 Å². The average molecular weight is 435 g/mol. The summed E-state index contributed by atoms with van der Waals surface area (Å²) in [7, 11) is 0. The van der Waals surface area contributed by atoms with E-state index in [9.17, 15) is 4.79 Å². The number of amides is 1. The van der Waals surface area contributed by atoms with E-state index < -0.39 is 0 Å². The molecule has 1 saturated heterocycles. The fourth-order valence-electron chi connectivity index (χ4n) is 4.94. The number of likely N-dealkylation sites (tertiary alicyclic amines) is 1. The van der Waals surface area contributed by atoms with Gasteiger partial charge in [-0.2, -0.15) is 0 Å². The number of aromatic amines is 1. The van der Waals surface area contributed by atoms with E-state index in [0.717, 1.165) is 48.4 Å². The number of carbonyl (C=O) groups excluding carboxylic acids is 1. The minimum Gasteiger partial charge on any atom is -0.401 e. The lowest BCUT2D eigenvalue weighted by Gasteiger charge is -2.31. The van der Waals surface area contributed by atoms with E-state index in [-0.39, 0.29) is 5.91 Å². The van der Waals surface area contributed by atoms with Crippen molar-refractivity contribution >= 4 is 22.4 Å². The van der Waals surface area contributed by atoms with Gasteiger partial charge in [-0.25, -0.2) is 5.84 Å². The molecule has 1 aromatic carbocycles. The first-order valence-electron chi connectivity index (χ1n) is 11.3. The SMILES string of the molecule is C/C(N)=C1\C=C(c2[nH]c3ccc(C4CCN(CC(N)=O)CC4)cc3c2C(C)C)C=CN1N. The number of hydrogen-bond acceptors (Lipinski definition) is 5. The van der Waals surface area contributed by atoms with Crippen LogP contribution in [0.5, 0.6) is 0 Å². The maximum Gasteiger partial charge on any atom is 0.231 e. The monoisotopic (exact) mass is 434 g/mol. The lowest BCUT2D eigenvalue weighted by molar-refractivity contribution is -0.119. The fourth-order valence-corrected chi connectivity index (χ4v) is 4.94. The van der Waals surface area contributed by atoms with Crippen LogP contribution in [-0.2, 0) is 4.79 Å². The Morgan fingerprint density at radius 2 is 1.94 bits per heavy atom. The zero-order valence-electron chi connectivity index (χ0n) is 19.2. The number of nitrogens with zero attached hydrogens (tertiary/aromatic N) is 2. The van der Waals surface area contributed by atoms with E-state index in [1.165, 1.54) is 16.5 Å². The number of aromatic nitrogens is 1. The van der Waals surface area contributed by atoms with Crippen molar-refractivity contribution in [3.63, 3.8) is 0 Å². The summed E-state index contributed by atoms with van der Waals surface area (Å²) in [6.45, 7) is 8.48. The predicted molar refractivity (Wildman–Crippen MR) is 130 cm³/mol. The Morgan fingerprint density at radius 3 is 2.56 bits per heavy atom. The first-order valence-corrected chi connectivity index (χ1v) is 11.3. The van der Waals surface area contributed by atoms with E-state index in [1.54, 1.807) is 5.01 Å². The number of rotatable bonds is 5. The molecule has 0 unspecified atom stereocenters. The standard InChI is InChI=1S/C25H34N6O/c1-15(2)24-20-12-18(17-6-9-30(10-7-17)14-23(27)32)4-5-21(20)29-25(24)19-8-11-31(28)22(13-19)16(3)26/h4-5,8,11-13,15,17,29H,6-7,9-10,14,26,28H2,1-3H3,(H2,27,32)/b22-16-. The number of H-pyrrole nitrogens is 1. The number of hydrazine groups is 1. The molecule has 1 fully saturated rings. The third kappa shape index (κ3) is 4.31. The molecule has 0 aliphatic carbocycles. The van der Waals surface area contributed by atoms with Crippen molar-refractivity contribution in [2.24, 2.45) is 17.3 Å². The van der Waals surface area contributed by atoms with Crippen molar-refractivity contribution in [2.45, 2.75) is 45.4 Å². The van der Waals surface area contributed by atoms with E-state index in [2.05, 4.69) is 41.9 Å². The summed E-state index contributed by atoms with van der Waals surface area (Å²) in [6.07, 6.45) is 8.00. The Balaban J connectivity index is 1.69. The van der Waals surface area contributed by atoms with Gasteiger partial charge in [-0.15, -0.1) is 0 Å². The van der Waals surface area contributed by atoms with Gasteiger partial charge in [-0.3, -0.25) is 14.7 Å². The highest BCUT2D eigenvalue weighted by Gasteiger charge is 2.24. The fraction of sp³-hybridized carbons (Fsp3) is 0.400. The molecule has 0 radical (unpaired) electrons. The van der Waals surface area contributed by atoms with Crippen molar-refractivity contribution in [3.8, 4) is 0 Å². The van der Waals surface area contributed by atoms with Gasteiger partial charge in [-0.1, -0.05) is 19.9 Å². The van der Waals surface area contributed by atoms with Crippen LogP contribution in [0.15, 0.2) is 47.9 Å². The molecule has 32 heavy (non-hydrogen) atoms. The van der Waals surface area contributed by atoms with Crippen LogP contribution >= 0.6 is 0 Å². The molecule has 7 heteroatoms. The summed E-state index contributed by atoms with van der Waals surface area (Å²) in [5, 5.41) is 2.82. The molecule has 3 heterocycles. The molecule has 0 spiro atoms. The zero-order valence-corrected chi connectivity index (χ0v) is 19.2. The van der Waals surface area contributed by atoms with E-state index in [4.69, 9.17) is 17.3 Å². The molecular weight excluding hydrogens is 400 g/mol. The second-order valence-corrected chi connectivity index (χ2v) is 9.28. The van der Waals surface area contributed by atoms with Crippen LogP contribution in [0.4, 0.5) is 0 Å². The molecule has 1 aromatic heterocycles. The van der Waals surface area contributed by atoms with Crippen molar-refractivity contribution in [3.05, 3.63) is 64.8 Å². The molecule has 4 rings (SSSR count). The maximum atomic E-state index is 11.2. The lowest BCUT2D eigenvalue weighted by atomic mass is 9.87. The van der Waals surface area contributed by atoms with Crippen LogP contribution in [0, 0.1) is 0 Å². The Hall–Kier alpha value is -3.03. The smallest absolute Gasteiger partial charge is 0.231 e. The van der Waals surface area contributed by atoms with Crippen LogP contribution in [0.1, 0.15) is 62.3 Å². The Morgan fingerprint density at radius 1 is 1.22 bits per heavy atom. The van der Waals surface area contributed by atoms with Gasteiger partial charge >= 0.3 is 0 Å². The number of allylic oxidation sites excluding steroid dienone is 4. The first kappa shape index (κ1) is 22.2. The predicted octanol–water partition coefficient (Wildman–Crippen LogP) is 3.23. The number of benzene rings is 1. The molecule has 2 aromatic rings. The van der Waals surface area contributed by atoms with E-state index in [0.29, 0.717) is 24.1 Å². The van der Waals surface area contributed by atoms with Gasteiger partial charge in [0.2, 0.25) is 5.91 Å². The number of hydrogen-bond donors (Lipinski definition) is 4. The van der Waals surface area contributed by atoms with Crippen LogP contribution in [-0.4, -0.2) is 40.4 Å². The van der Waals surface area contributed by atoms with E-state index in [1.807, 2.05) is 25.3 Å². The minimum atomic E-state index is -0.252. The molecule has 0 saturated carbocycles. The second-order valence-electron chi connectivity index (χ2n) is 9.28. The van der Waals surface area contributed by atoms with E-state index >= 15 is 0 Å². The molecule has 1 amide bonds. The number of carbonyl (C=O) groups is 1. The van der Waals surface area contributed by atoms with Crippen molar-refractivity contribution in [1.82, 2.24) is 14.9 Å². The summed E-state index contributed by atoms with van der Waals surface area (Å²) in [4.78, 5) is 17.0. The highest BCUT2D eigenvalue weighted by molar-refractivity contribution is 5.92. The van der Waals surface area contributed by atoms with Crippen LogP contribution in [0.3, 0.4) is 0 Å². The quantitative estimate of drug-likeness (QED) is 0.539. The molecule has 7 N–H and O–H groups in total. The summed E-state index contributed by atoms with van der Waals surface area (Å²) < 4.78 is 0. The summed E-state index contributed by atoms with van der Waals surface area (Å²) in [6, 6.07) is 6.79. The molecule has 2 aliphatic rings. The topological polar surface area (TPSA) is 117 Å². The molecule has 2 aliphatic heterocycles. The number of piperidine rings is 1. The van der Waals surface area contributed by atoms with Gasteiger partial charge in [0.05, 0.1) is 17.9 Å². The average Bonchev–Trinajstić information content (AvgIpc) is 3.13. The van der Waals surface area contributed by atoms with Crippen molar-refractivity contribution in [1.29, 1.82) is 0 Å². The van der Waals surface area contributed by atoms with Gasteiger partial charge in [-0.05, 0) is 80.1 Å². The van der Waals surface area contributed by atoms with Gasteiger partial charge in [0.25, 0.3) is 0 Å².